The quantitative estimate of drug-likeness (QED) is 0.614. The molecule has 1 atom stereocenters. The summed E-state index contributed by atoms with van der Waals surface area (Å²) in [5, 5.41) is 0. The van der Waals surface area contributed by atoms with Gasteiger partial charge in [-0.1, -0.05) is 0 Å². The number of carbonyl (C=O) groups is 1. The maximum atomic E-state index is 11.9. The molecule has 1 aromatic heterocycles. The third kappa shape index (κ3) is 2.71. The smallest absolute Gasteiger partial charge is 0.337 e. The number of esters is 1. The molecule has 1 aromatic carbocycles. The molecule has 0 saturated carbocycles. The molecule has 3 rings (SSSR count). The number of aromatic nitrogens is 2. The third-order valence-corrected chi connectivity index (χ3v) is 4.78. The Morgan fingerprint density at radius 3 is 2.83 bits per heavy atom. The summed E-state index contributed by atoms with van der Waals surface area (Å²) in [6.45, 7) is 3.62. The fraction of sp³-hybridized carbons (Fsp3) is 0.412. The zero-order chi connectivity index (χ0) is 17.3. The first-order chi connectivity index (χ1) is 11.6. The lowest BCUT2D eigenvalue weighted by Gasteiger charge is -2.29. The number of ether oxygens (including phenoxy) is 1. The Hall–Kier alpha value is -2.21. The highest BCUT2D eigenvalue weighted by Gasteiger charge is 2.34. The van der Waals surface area contributed by atoms with E-state index < -0.39 is 0 Å². The van der Waals surface area contributed by atoms with Gasteiger partial charge in [-0.2, -0.15) is 0 Å². The lowest BCUT2D eigenvalue weighted by atomic mass is 10.1. The first-order valence-corrected chi connectivity index (χ1v) is 8.41. The highest BCUT2D eigenvalue weighted by molar-refractivity contribution is 6.18. The van der Waals surface area contributed by atoms with Crippen LogP contribution in [0.25, 0.3) is 0 Å². The van der Waals surface area contributed by atoms with Gasteiger partial charge in [-0.25, -0.2) is 9.78 Å². The maximum Gasteiger partial charge on any atom is 0.337 e. The molecule has 1 unspecified atom stereocenters. The van der Waals surface area contributed by atoms with E-state index in [2.05, 4.69) is 26.3 Å². The largest absolute Gasteiger partial charge is 0.465 e. The van der Waals surface area contributed by atoms with Gasteiger partial charge < -0.3 is 19.1 Å². The molecule has 6 nitrogen and oxygen atoms in total. The van der Waals surface area contributed by atoms with Crippen molar-refractivity contribution in [3.63, 3.8) is 0 Å². The number of aryl methyl sites for hydroxylation is 1. The summed E-state index contributed by atoms with van der Waals surface area (Å²) in [5.74, 6) is 0.118. The van der Waals surface area contributed by atoms with Crippen LogP contribution in [0.5, 0.6) is 0 Å². The molecule has 0 saturated heterocycles. The number of methoxy groups -OCH3 is 1. The number of hydrogen-bond donors (Lipinski definition) is 0. The lowest BCUT2D eigenvalue weighted by Crippen LogP contribution is -2.42. The lowest BCUT2D eigenvalue weighted by molar-refractivity contribution is 0.0601. The maximum absolute atomic E-state index is 11.9. The molecule has 0 aliphatic carbocycles. The Morgan fingerprint density at radius 1 is 1.38 bits per heavy atom. The summed E-state index contributed by atoms with van der Waals surface area (Å²) >= 11 is 6.23. The second-order valence-electron chi connectivity index (χ2n) is 5.74. The van der Waals surface area contributed by atoms with Gasteiger partial charge in [0.2, 0.25) is 0 Å². The van der Waals surface area contributed by atoms with Crippen molar-refractivity contribution in [2.75, 3.05) is 29.8 Å². The second-order valence-corrected chi connectivity index (χ2v) is 6.05. The summed E-state index contributed by atoms with van der Waals surface area (Å²) in [4.78, 5) is 20.5. The van der Waals surface area contributed by atoms with E-state index in [1.165, 1.54) is 7.11 Å². The normalized spacial score (nSPS) is 16.4. The van der Waals surface area contributed by atoms with Crippen molar-refractivity contribution in [1.29, 1.82) is 0 Å². The van der Waals surface area contributed by atoms with Gasteiger partial charge in [0.1, 0.15) is 6.17 Å². The Balaban J connectivity index is 2.00. The van der Waals surface area contributed by atoms with Crippen LogP contribution in [0.4, 0.5) is 11.4 Å². The minimum Gasteiger partial charge on any atom is -0.465 e. The fourth-order valence-corrected chi connectivity index (χ4v) is 3.52. The van der Waals surface area contributed by atoms with E-state index in [9.17, 15) is 4.79 Å². The van der Waals surface area contributed by atoms with Crippen molar-refractivity contribution < 1.29 is 9.53 Å². The van der Waals surface area contributed by atoms with Crippen molar-refractivity contribution in [1.82, 2.24) is 9.55 Å². The number of carbonyl (C=O) groups excluding carboxylic acids is 1. The first kappa shape index (κ1) is 16.6. The molecule has 0 bridgehead atoms. The molecule has 0 radical (unpaired) electrons. The Morgan fingerprint density at radius 2 is 2.17 bits per heavy atom. The number of fused-ring (bicyclic) bond motifs is 1. The Labute approximate surface area is 146 Å². The van der Waals surface area contributed by atoms with E-state index in [1.807, 2.05) is 31.7 Å². The molecule has 0 fully saturated rings. The van der Waals surface area contributed by atoms with E-state index in [-0.39, 0.29) is 12.1 Å². The zero-order valence-electron chi connectivity index (χ0n) is 14.1. The molecule has 0 N–H and O–H groups in total. The Kier molecular flexibility index (Phi) is 4.66. The van der Waals surface area contributed by atoms with Gasteiger partial charge in [0.25, 0.3) is 0 Å². The van der Waals surface area contributed by atoms with E-state index in [0.29, 0.717) is 18.0 Å². The molecule has 0 amide bonds. The molecule has 2 heterocycles. The van der Waals surface area contributed by atoms with Crippen LogP contribution in [0.1, 0.15) is 23.0 Å². The van der Waals surface area contributed by atoms with Crippen molar-refractivity contribution in [2.45, 2.75) is 26.2 Å². The van der Waals surface area contributed by atoms with Crippen LogP contribution in [0.15, 0.2) is 30.7 Å². The number of imidazole rings is 1. The predicted molar refractivity (Wildman–Crippen MR) is 94.8 cm³/mol. The van der Waals surface area contributed by atoms with Crippen LogP contribution < -0.4 is 9.80 Å². The van der Waals surface area contributed by atoms with Gasteiger partial charge in [0.15, 0.2) is 0 Å². The van der Waals surface area contributed by atoms with Crippen molar-refractivity contribution in [2.24, 2.45) is 0 Å². The molecule has 7 heteroatoms. The number of alkyl halides is 1. The molecule has 0 spiro atoms. The summed E-state index contributed by atoms with van der Waals surface area (Å²) < 4.78 is 6.95. The van der Waals surface area contributed by atoms with Crippen molar-refractivity contribution in [3.05, 3.63) is 42.0 Å². The monoisotopic (exact) mass is 348 g/mol. The minimum atomic E-state index is -0.340. The van der Waals surface area contributed by atoms with Gasteiger partial charge in [0, 0.05) is 19.8 Å². The van der Waals surface area contributed by atoms with Crippen LogP contribution in [0, 0.1) is 0 Å². The van der Waals surface area contributed by atoms with Crippen LogP contribution in [-0.4, -0.2) is 41.7 Å². The number of halogens is 1. The average Bonchev–Trinajstić information content (AvgIpc) is 3.16. The van der Waals surface area contributed by atoms with Crippen LogP contribution in [0.3, 0.4) is 0 Å². The van der Waals surface area contributed by atoms with E-state index in [1.54, 1.807) is 6.07 Å². The van der Waals surface area contributed by atoms with Crippen LogP contribution >= 0.6 is 11.6 Å². The minimum absolute atomic E-state index is 0.0229. The van der Waals surface area contributed by atoms with Gasteiger partial charge in [-0.05, 0) is 25.1 Å². The SMILES string of the molecule is CCn1cncc1CN1c2cc(C(=O)OC)ccc2N(C)C1CCl. The summed E-state index contributed by atoms with van der Waals surface area (Å²) in [6, 6.07) is 5.60. The summed E-state index contributed by atoms with van der Waals surface area (Å²) in [5.41, 5.74) is 3.68. The number of rotatable bonds is 5. The standard InChI is InChI=1S/C17H21ClN4O2/c1-4-21-11-19-9-13(21)10-22-15-7-12(17(23)24-3)5-6-14(15)20(2)16(22)8-18/h5-7,9,11,16H,4,8,10H2,1-3H3. The fourth-order valence-electron chi connectivity index (χ4n) is 3.14. The van der Waals surface area contributed by atoms with Gasteiger partial charge in [-0.3, -0.25) is 0 Å². The van der Waals surface area contributed by atoms with E-state index in [4.69, 9.17) is 16.3 Å². The highest BCUT2D eigenvalue weighted by Crippen LogP contribution is 2.40. The first-order valence-electron chi connectivity index (χ1n) is 7.87. The third-order valence-electron chi connectivity index (χ3n) is 4.50. The zero-order valence-corrected chi connectivity index (χ0v) is 14.8. The topological polar surface area (TPSA) is 50.6 Å². The number of anilines is 2. The average molecular weight is 349 g/mol. The molecule has 1 aliphatic rings. The second kappa shape index (κ2) is 6.73. The summed E-state index contributed by atoms with van der Waals surface area (Å²) in [6.07, 6.45) is 3.72. The molecule has 1 aliphatic heterocycles. The molecular formula is C17H21ClN4O2. The molecular weight excluding hydrogens is 328 g/mol. The highest BCUT2D eigenvalue weighted by atomic mass is 35.5. The molecule has 2 aromatic rings. The van der Waals surface area contributed by atoms with Gasteiger partial charge >= 0.3 is 5.97 Å². The van der Waals surface area contributed by atoms with Crippen molar-refractivity contribution >= 4 is 28.9 Å². The van der Waals surface area contributed by atoms with Crippen LogP contribution in [-0.2, 0) is 17.8 Å². The van der Waals surface area contributed by atoms with Gasteiger partial charge in [-0.15, -0.1) is 11.6 Å². The predicted octanol–water partition coefficient (Wildman–Crippen LogP) is 2.71. The van der Waals surface area contributed by atoms with Gasteiger partial charge in [0.05, 0.1) is 48.5 Å². The summed E-state index contributed by atoms with van der Waals surface area (Å²) in [7, 11) is 3.40. The molecule has 24 heavy (non-hydrogen) atoms. The number of benzene rings is 1. The van der Waals surface area contributed by atoms with E-state index in [0.717, 1.165) is 23.6 Å². The van der Waals surface area contributed by atoms with Crippen LogP contribution in [0.2, 0.25) is 0 Å². The molecule has 128 valence electrons. The Bertz CT molecular complexity index is 746. The number of nitrogens with zero attached hydrogens (tertiary/aromatic N) is 4. The van der Waals surface area contributed by atoms with Crippen molar-refractivity contribution in [3.8, 4) is 0 Å². The number of hydrogen-bond acceptors (Lipinski definition) is 5. The van der Waals surface area contributed by atoms with E-state index >= 15 is 0 Å².